The second kappa shape index (κ2) is 10.3. The molecule has 180 valence electrons. The molecular weight excluding hydrogens is 514 g/mol. The van der Waals surface area contributed by atoms with E-state index in [1.807, 2.05) is 13.0 Å². The lowest BCUT2D eigenvalue weighted by atomic mass is 9.95. The molecule has 0 radical (unpaired) electrons. The van der Waals surface area contributed by atoms with Crippen LogP contribution in [0.25, 0.3) is 5.76 Å². The fourth-order valence-corrected chi connectivity index (χ4v) is 5.88. The van der Waals surface area contributed by atoms with Gasteiger partial charge in [0.25, 0.3) is 5.78 Å². The molecular formula is C27H20ClN3O3S2. The van der Waals surface area contributed by atoms with Crippen LogP contribution in [0.2, 0.25) is 5.02 Å². The number of benzene rings is 3. The number of aromatic nitrogens is 2. The number of hydrogen-bond acceptors (Lipinski definition) is 7. The molecule has 1 aliphatic heterocycles. The predicted octanol–water partition coefficient (Wildman–Crippen LogP) is 6.42. The summed E-state index contributed by atoms with van der Waals surface area (Å²) in [6.45, 7) is 2.04. The molecule has 1 unspecified atom stereocenters. The van der Waals surface area contributed by atoms with Gasteiger partial charge >= 0.3 is 5.91 Å². The summed E-state index contributed by atoms with van der Waals surface area (Å²) in [5, 5.41) is 20.4. The molecule has 1 amide bonds. The van der Waals surface area contributed by atoms with E-state index < -0.39 is 17.7 Å². The van der Waals surface area contributed by atoms with E-state index in [4.69, 9.17) is 11.6 Å². The Morgan fingerprint density at radius 3 is 2.39 bits per heavy atom. The molecule has 5 rings (SSSR count). The van der Waals surface area contributed by atoms with Crippen molar-refractivity contribution in [2.75, 3.05) is 4.90 Å². The van der Waals surface area contributed by atoms with Gasteiger partial charge in [-0.2, -0.15) is 0 Å². The third kappa shape index (κ3) is 4.80. The van der Waals surface area contributed by atoms with Gasteiger partial charge in [0.05, 0.1) is 11.6 Å². The van der Waals surface area contributed by atoms with Crippen LogP contribution in [0.15, 0.2) is 88.8 Å². The third-order valence-corrected chi connectivity index (χ3v) is 8.14. The fourth-order valence-electron chi connectivity index (χ4n) is 3.93. The quantitative estimate of drug-likeness (QED) is 0.101. The molecule has 1 aliphatic rings. The monoisotopic (exact) mass is 533 g/mol. The van der Waals surface area contributed by atoms with Crippen molar-refractivity contribution in [2.24, 2.45) is 0 Å². The first-order chi connectivity index (χ1) is 17.4. The smallest absolute Gasteiger partial charge is 0.301 e. The minimum atomic E-state index is -0.870. The Labute approximate surface area is 221 Å². The minimum Gasteiger partial charge on any atom is -0.507 e. The predicted molar refractivity (Wildman–Crippen MR) is 143 cm³/mol. The van der Waals surface area contributed by atoms with Gasteiger partial charge in [-0.1, -0.05) is 107 Å². The molecule has 9 heteroatoms. The van der Waals surface area contributed by atoms with Crippen molar-refractivity contribution >= 4 is 57.3 Å². The number of carbonyl (C=O) groups excluding carboxylic acids is 2. The van der Waals surface area contributed by atoms with Crippen LogP contribution >= 0.6 is 34.7 Å². The number of hydrogen-bond donors (Lipinski definition) is 1. The van der Waals surface area contributed by atoms with Crippen molar-refractivity contribution < 1.29 is 14.7 Å². The lowest BCUT2D eigenvalue weighted by Gasteiger charge is -2.22. The summed E-state index contributed by atoms with van der Waals surface area (Å²) in [4.78, 5) is 27.8. The van der Waals surface area contributed by atoms with Crippen molar-refractivity contribution in [3.05, 3.63) is 112 Å². The van der Waals surface area contributed by atoms with E-state index in [9.17, 15) is 14.7 Å². The average molecular weight is 534 g/mol. The van der Waals surface area contributed by atoms with Gasteiger partial charge in [-0.15, -0.1) is 10.2 Å². The molecule has 0 bridgehead atoms. The minimum absolute atomic E-state index is 0.00224. The Bertz CT molecular complexity index is 1450. The van der Waals surface area contributed by atoms with Crippen LogP contribution in [0.4, 0.5) is 5.13 Å². The van der Waals surface area contributed by atoms with E-state index in [0.717, 1.165) is 5.56 Å². The molecule has 0 spiro atoms. The molecule has 1 N–H and O–H groups in total. The molecule has 4 aromatic rings. The second-order valence-electron chi connectivity index (χ2n) is 8.21. The summed E-state index contributed by atoms with van der Waals surface area (Å²) < 4.78 is 0.672. The van der Waals surface area contributed by atoms with Crippen LogP contribution in [0.1, 0.15) is 28.3 Å². The molecule has 1 atom stereocenters. The zero-order valence-electron chi connectivity index (χ0n) is 19.1. The van der Waals surface area contributed by atoms with E-state index in [1.54, 1.807) is 48.5 Å². The average Bonchev–Trinajstić information content (AvgIpc) is 3.46. The number of anilines is 1. The number of thioether (sulfide) groups is 1. The Balaban J connectivity index is 1.52. The third-order valence-electron chi connectivity index (χ3n) is 5.76. The first kappa shape index (κ1) is 24.2. The van der Waals surface area contributed by atoms with Gasteiger partial charge in [-0.3, -0.25) is 14.5 Å². The Hall–Kier alpha value is -3.46. The standard InChI is InChI=1S/C27H20ClN3O3S2/c1-16-7-9-17(10-8-16)15-35-27-30-29-26(36-27)31-22(18-11-13-20(28)14-12-18)21(24(33)25(31)34)23(32)19-5-3-2-4-6-19/h2-14,22,32H,15H2,1H3/b23-21-. The lowest BCUT2D eigenvalue weighted by Crippen LogP contribution is -2.29. The van der Waals surface area contributed by atoms with Crippen molar-refractivity contribution in [2.45, 2.75) is 23.1 Å². The van der Waals surface area contributed by atoms with Crippen LogP contribution in [0.3, 0.4) is 0 Å². The number of halogens is 1. The summed E-state index contributed by atoms with van der Waals surface area (Å²) in [7, 11) is 0. The molecule has 36 heavy (non-hydrogen) atoms. The highest BCUT2D eigenvalue weighted by molar-refractivity contribution is 8.00. The maximum Gasteiger partial charge on any atom is 0.301 e. The van der Waals surface area contributed by atoms with Gasteiger partial charge in [0.2, 0.25) is 5.13 Å². The second-order valence-corrected chi connectivity index (χ2v) is 10.8. The topological polar surface area (TPSA) is 83.4 Å². The van der Waals surface area contributed by atoms with Crippen LogP contribution in [0.5, 0.6) is 0 Å². The van der Waals surface area contributed by atoms with Crippen LogP contribution in [-0.2, 0) is 15.3 Å². The number of Topliss-reactive ketones (excluding diaryl/α,β-unsaturated/α-hetero) is 1. The molecule has 1 fully saturated rings. The number of aryl methyl sites for hydroxylation is 1. The first-order valence-electron chi connectivity index (χ1n) is 11.1. The van der Waals surface area contributed by atoms with E-state index in [2.05, 4.69) is 34.5 Å². The van der Waals surface area contributed by atoms with Crippen LogP contribution in [-0.4, -0.2) is 27.0 Å². The molecule has 1 saturated heterocycles. The SMILES string of the molecule is Cc1ccc(CSc2nnc(N3C(=O)C(=O)/C(=C(\O)c4ccccc4)C3c3ccc(Cl)cc3)s2)cc1. The number of aliphatic hydroxyl groups excluding tert-OH is 1. The highest BCUT2D eigenvalue weighted by atomic mass is 35.5. The largest absolute Gasteiger partial charge is 0.507 e. The van der Waals surface area contributed by atoms with Gasteiger partial charge in [0, 0.05) is 16.3 Å². The summed E-state index contributed by atoms with van der Waals surface area (Å²) in [6.07, 6.45) is 0. The maximum absolute atomic E-state index is 13.3. The summed E-state index contributed by atoms with van der Waals surface area (Å²) in [5.74, 6) is -1.09. The van der Waals surface area contributed by atoms with E-state index in [1.165, 1.54) is 33.6 Å². The number of carbonyl (C=O) groups is 2. The zero-order valence-corrected chi connectivity index (χ0v) is 21.5. The Morgan fingerprint density at radius 2 is 1.69 bits per heavy atom. The molecule has 0 saturated carbocycles. The number of amides is 1. The van der Waals surface area contributed by atoms with Gasteiger partial charge in [0.15, 0.2) is 4.34 Å². The van der Waals surface area contributed by atoms with Crippen LogP contribution < -0.4 is 4.90 Å². The molecule has 1 aromatic heterocycles. The maximum atomic E-state index is 13.3. The molecule has 6 nitrogen and oxygen atoms in total. The Morgan fingerprint density at radius 1 is 1.00 bits per heavy atom. The van der Waals surface area contributed by atoms with Crippen molar-refractivity contribution in [1.29, 1.82) is 0 Å². The normalized spacial score (nSPS) is 17.1. The van der Waals surface area contributed by atoms with E-state index in [-0.39, 0.29) is 16.5 Å². The number of aliphatic hydroxyl groups is 1. The highest BCUT2D eigenvalue weighted by Crippen LogP contribution is 2.44. The zero-order chi connectivity index (χ0) is 25.2. The summed E-state index contributed by atoms with van der Waals surface area (Å²) in [6, 6.07) is 22.9. The van der Waals surface area contributed by atoms with E-state index >= 15 is 0 Å². The number of ketones is 1. The van der Waals surface area contributed by atoms with Gasteiger partial charge in [-0.25, -0.2) is 0 Å². The Kier molecular flexibility index (Phi) is 6.91. The molecule has 0 aliphatic carbocycles. The number of nitrogens with zero attached hydrogens (tertiary/aromatic N) is 3. The van der Waals surface area contributed by atoms with Gasteiger partial charge in [-0.05, 0) is 30.2 Å². The fraction of sp³-hybridized carbons (Fsp3) is 0.111. The molecule has 2 heterocycles. The number of rotatable bonds is 6. The van der Waals surface area contributed by atoms with Crippen molar-refractivity contribution in [3.63, 3.8) is 0 Å². The van der Waals surface area contributed by atoms with Gasteiger partial charge < -0.3 is 5.11 Å². The highest BCUT2D eigenvalue weighted by Gasteiger charge is 2.48. The van der Waals surface area contributed by atoms with Gasteiger partial charge in [0.1, 0.15) is 5.76 Å². The molecule has 3 aromatic carbocycles. The first-order valence-corrected chi connectivity index (χ1v) is 13.2. The van der Waals surface area contributed by atoms with E-state index in [0.29, 0.717) is 26.2 Å². The lowest BCUT2D eigenvalue weighted by molar-refractivity contribution is -0.132. The van der Waals surface area contributed by atoms with Crippen molar-refractivity contribution in [3.8, 4) is 0 Å². The van der Waals surface area contributed by atoms with Crippen molar-refractivity contribution in [1.82, 2.24) is 10.2 Å². The summed E-state index contributed by atoms with van der Waals surface area (Å²) in [5.41, 5.74) is 3.40. The summed E-state index contributed by atoms with van der Waals surface area (Å²) >= 11 is 8.83. The van der Waals surface area contributed by atoms with Crippen LogP contribution in [0, 0.1) is 6.92 Å².